The van der Waals surface area contributed by atoms with E-state index in [4.69, 9.17) is 37.1 Å². The molecule has 13 N–H and O–H groups in total. The van der Waals surface area contributed by atoms with Gasteiger partial charge in [-0.25, -0.2) is 0 Å². The van der Waals surface area contributed by atoms with Crippen molar-refractivity contribution in [2.24, 2.45) is 22.9 Å². The number of nitrogens with two attached hydrogens (primary N) is 4. The van der Waals surface area contributed by atoms with Gasteiger partial charge in [-0.3, -0.25) is 0 Å². The van der Waals surface area contributed by atoms with Crippen LogP contribution in [-0.4, -0.2) is 142 Å². The first-order valence-corrected chi connectivity index (χ1v) is 17.0. The topological polar surface area (TPSA) is 212 Å². The molecule has 0 unspecified atom stereocenters. The third kappa shape index (κ3) is 13.4. The summed E-state index contributed by atoms with van der Waals surface area (Å²) in [5.41, 5.74) is 24.5. The molecule has 0 aromatic carbocycles. The molecule has 43 heavy (non-hydrogen) atoms. The van der Waals surface area contributed by atoms with Crippen molar-refractivity contribution in [3.8, 4) is 0 Å². The van der Waals surface area contributed by atoms with Crippen LogP contribution < -0.4 is 38.9 Å². The summed E-state index contributed by atoms with van der Waals surface area (Å²) in [5.74, 6) is 0. The van der Waals surface area contributed by atoms with Crippen molar-refractivity contribution in [3.05, 3.63) is 0 Å². The highest BCUT2D eigenvalue weighted by atomic mass is 16.7. The lowest BCUT2D eigenvalue weighted by molar-refractivity contribution is -0.272. The number of rotatable bonds is 13. The Hall–Kier alpha value is -0.520. The number of nitrogens with zero attached hydrogens (tertiary/aromatic N) is 1. The molecule has 0 aromatic heterocycles. The average Bonchev–Trinajstić information content (AvgIpc) is 2.98. The van der Waals surface area contributed by atoms with Crippen molar-refractivity contribution in [3.63, 3.8) is 0 Å². The lowest BCUT2D eigenvalue weighted by Crippen LogP contribution is -2.65. The SMILES string of the molecule is NC[C@H]1O[C@H](O[C@H]2[C@H](OCCCCCCCCN3CCCNCCNCCCNCC3)[C@@H](O)[C@H](N)C[C@@H]2N)[C@H](N)C[C@@H]1O. The van der Waals surface area contributed by atoms with Crippen LogP contribution in [0.25, 0.3) is 0 Å². The predicted molar refractivity (Wildman–Crippen MR) is 169 cm³/mol. The zero-order valence-corrected chi connectivity index (χ0v) is 26.4. The molecule has 0 aromatic rings. The van der Waals surface area contributed by atoms with Crippen molar-refractivity contribution in [2.75, 3.05) is 72.1 Å². The van der Waals surface area contributed by atoms with Gasteiger partial charge in [-0.2, -0.15) is 0 Å². The largest absolute Gasteiger partial charge is 0.390 e. The molecule has 3 aliphatic rings. The second-order valence-corrected chi connectivity index (χ2v) is 12.7. The standard InChI is InChI=1S/C30H64N8O5/c31-21-26-25(39)20-24(34)30(42-26)43-28-23(33)19-22(32)27(40)29(28)41-18-6-4-2-1-3-5-15-38-16-8-11-36-13-12-35-9-7-10-37-14-17-38/h22-30,35-37,39-40H,1-21,31-34H2/t22-,23+,24-,25+,26-,27+,28-,29-,30-/m1/s1. The summed E-state index contributed by atoms with van der Waals surface area (Å²) in [6.45, 7) is 10.5. The molecule has 13 nitrogen and oxygen atoms in total. The van der Waals surface area contributed by atoms with Crippen LogP contribution in [0, 0.1) is 0 Å². The molecule has 3 rings (SSSR count). The molecule has 2 saturated heterocycles. The van der Waals surface area contributed by atoms with E-state index in [1.165, 1.54) is 32.1 Å². The Bertz CT molecular complexity index is 701. The number of unbranched alkanes of at least 4 members (excludes halogenated alkanes) is 5. The van der Waals surface area contributed by atoms with Gasteiger partial charge in [-0.05, 0) is 71.2 Å². The highest BCUT2D eigenvalue weighted by Gasteiger charge is 2.46. The molecule has 0 spiro atoms. The molecule has 9 atom stereocenters. The first kappa shape index (κ1) is 36.9. The van der Waals surface area contributed by atoms with Gasteiger partial charge in [0.25, 0.3) is 0 Å². The second kappa shape index (κ2) is 21.3. The normalized spacial score (nSPS) is 36.3. The van der Waals surface area contributed by atoms with Gasteiger partial charge in [-0.1, -0.05) is 25.7 Å². The maximum absolute atomic E-state index is 10.8. The highest BCUT2D eigenvalue weighted by Crippen LogP contribution is 2.28. The van der Waals surface area contributed by atoms with Crippen LogP contribution in [0.5, 0.6) is 0 Å². The van der Waals surface area contributed by atoms with Crippen molar-refractivity contribution >= 4 is 0 Å². The molecule has 1 saturated carbocycles. The minimum Gasteiger partial charge on any atom is -0.390 e. The maximum Gasteiger partial charge on any atom is 0.173 e. The summed E-state index contributed by atoms with van der Waals surface area (Å²) in [6.07, 6.45) is 5.57. The molecule has 0 amide bonds. The van der Waals surface area contributed by atoms with Gasteiger partial charge in [0.2, 0.25) is 0 Å². The first-order chi connectivity index (χ1) is 20.9. The molecule has 0 bridgehead atoms. The Balaban J connectivity index is 1.32. The van der Waals surface area contributed by atoms with Gasteiger partial charge in [0, 0.05) is 51.4 Å². The van der Waals surface area contributed by atoms with E-state index in [1.807, 2.05) is 0 Å². The van der Waals surface area contributed by atoms with E-state index < -0.39 is 54.9 Å². The third-order valence-corrected chi connectivity index (χ3v) is 8.99. The molecular formula is C30H64N8O5. The lowest BCUT2D eigenvalue weighted by atomic mass is 9.84. The quantitative estimate of drug-likeness (QED) is 0.104. The molecule has 1 aliphatic carbocycles. The van der Waals surface area contributed by atoms with Crippen LogP contribution >= 0.6 is 0 Å². The summed E-state index contributed by atoms with van der Waals surface area (Å²) < 4.78 is 18.2. The monoisotopic (exact) mass is 616 g/mol. The van der Waals surface area contributed by atoms with Gasteiger partial charge < -0.3 is 68.2 Å². The highest BCUT2D eigenvalue weighted by molar-refractivity contribution is 4.99. The van der Waals surface area contributed by atoms with E-state index in [0.29, 0.717) is 19.4 Å². The number of aliphatic hydroxyl groups is 2. The number of ether oxygens (including phenoxy) is 3. The smallest absolute Gasteiger partial charge is 0.173 e. The van der Waals surface area contributed by atoms with Crippen LogP contribution in [0.1, 0.15) is 64.2 Å². The number of hydrogen-bond donors (Lipinski definition) is 9. The van der Waals surface area contributed by atoms with Crippen molar-refractivity contribution in [2.45, 2.75) is 119 Å². The summed E-state index contributed by atoms with van der Waals surface area (Å²) in [5, 5.41) is 31.6. The average molecular weight is 617 g/mol. The Labute approximate surface area is 259 Å². The second-order valence-electron chi connectivity index (χ2n) is 12.7. The number of aliphatic hydroxyl groups excluding tert-OH is 2. The van der Waals surface area contributed by atoms with Crippen molar-refractivity contribution in [1.82, 2.24) is 20.9 Å². The summed E-state index contributed by atoms with van der Waals surface area (Å²) in [7, 11) is 0. The fourth-order valence-electron chi connectivity index (χ4n) is 6.30. The predicted octanol–water partition coefficient (Wildman–Crippen LogP) is -1.86. The van der Waals surface area contributed by atoms with Crippen LogP contribution in [-0.2, 0) is 14.2 Å². The maximum atomic E-state index is 10.8. The van der Waals surface area contributed by atoms with E-state index >= 15 is 0 Å². The van der Waals surface area contributed by atoms with E-state index in [-0.39, 0.29) is 6.54 Å². The van der Waals surface area contributed by atoms with Gasteiger partial charge >= 0.3 is 0 Å². The Morgan fingerprint density at radius 1 is 0.721 bits per heavy atom. The van der Waals surface area contributed by atoms with Crippen molar-refractivity contribution in [1.29, 1.82) is 0 Å². The molecule has 2 heterocycles. The Morgan fingerprint density at radius 3 is 2.14 bits per heavy atom. The van der Waals surface area contributed by atoms with Gasteiger partial charge in [-0.15, -0.1) is 0 Å². The number of nitrogens with one attached hydrogen (secondary N) is 3. The van der Waals surface area contributed by atoms with Crippen LogP contribution in [0.2, 0.25) is 0 Å². The lowest BCUT2D eigenvalue weighted by Gasteiger charge is -2.45. The van der Waals surface area contributed by atoms with Crippen LogP contribution in [0.15, 0.2) is 0 Å². The van der Waals surface area contributed by atoms with E-state index in [0.717, 1.165) is 78.2 Å². The minimum absolute atomic E-state index is 0.156. The van der Waals surface area contributed by atoms with Crippen LogP contribution in [0.3, 0.4) is 0 Å². The molecule has 254 valence electrons. The van der Waals surface area contributed by atoms with Crippen LogP contribution in [0.4, 0.5) is 0 Å². The van der Waals surface area contributed by atoms with Gasteiger partial charge in [0.1, 0.15) is 12.2 Å². The Kier molecular flexibility index (Phi) is 18.3. The minimum atomic E-state index is -0.900. The molecule has 3 fully saturated rings. The zero-order valence-electron chi connectivity index (χ0n) is 26.4. The third-order valence-electron chi connectivity index (χ3n) is 8.99. The van der Waals surface area contributed by atoms with Gasteiger partial charge in [0.15, 0.2) is 6.29 Å². The van der Waals surface area contributed by atoms with E-state index in [2.05, 4.69) is 20.9 Å². The summed E-state index contributed by atoms with van der Waals surface area (Å²) in [6, 6.07) is -1.46. The molecule has 2 aliphatic heterocycles. The molecule has 0 radical (unpaired) electrons. The van der Waals surface area contributed by atoms with E-state index in [9.17, 15) is 10.2 Å². The fourth-order valence-corrected chi connectivity index (χ4v) is 6.30. The summed E-state index contributed by atoms with van der Waals surface area (Å²) in [4.78, 5) is 2.61. The molecule has 13 heteroatoms. The zero-order chi connectivity index (χ0) is 30.9. The van der Waals surface area contributed by atoms with Crippen molar-refractivity contribution < 1.29 is 24.4 Å². The Morgan fingerprint density at radius 2 is 1.40 bits per heavy atom. The summed E-state index contributed by atoms with van der Waals surface area (Å²) >= 11 is 0. The molecular weight excluding hydrogens is 552 g/mol. The first-order valence-electron chi connectivity index (χ1n) is 17.0. The number of hydrogen-bond acceptors (Lipinski definition) is 13. The van der Waals surface area contributed by atoms with E-state index in [1.54, 1.807) is 0 Å². The van der Waals surface area contributed by atoms with Gasteiger partial charge in [0.05, 0.1) is 24.4 Å². The fraction of sp³-hybridized carbons (Fsp3) is 1.00.